The summed E-state index contributed by atoms with van der Waals surface area (Å²) in [7, 11) is -3.75. The summed E-state index contributed by atoms with van der Waals surface area (Å²) in [6, 6.07) is 13.4. The second-order valence-electron chi connectivity index (χ2n) is 7.53. The molecule has 0 aliphatic carbocycles. The molecular formula is C21H26N2O4S. The molecule has 1 fully saturated rings. The van der Waals surface area contributed by atoms with Gasteiger partial charge < -0.3 is 0 Å². The lowest BCUT2D eigenvalue weighted by molar-refractivity contribution is -0.384. The Hall–Kier alpha value is -2.25. The molecule has 0 aromatic heterocycles. The Balaban J connectivity index is 2.00. The summed E-state index contributed by atoms with van der Waals surface area (Å²) < 4.78 is 28.5. The van der Waals surface area contributed by atoms with E-state index in [-0.39, 0.29) is 16.5 Å². The molecule has 0 amide bonds. The summed E-state index contributed by atoms with van der Waals surface area (Å²) in [6.45, 7) is 6.52. The maximum Gasteiger partial charge on any atom is 0.269 e. The first-order valence-corrected chi connectivity index (χ1v) is 11.0. The van der Waals surface area contributed by atoms with E-state index in [1.54, 1.807) is 4.31 Å². The monoisotopic (exact) mass is 402 g/mol. The third-order valence-corrected chi connectivity index (χ3v) is 7.99. The second-order valence-corrected chi connectivity index (χ2v) is 9.40. The van der Waals surface area contributed by atoms with Crippen LogP contribution in [0.2, 0.25) is 0 Å². The van der Waals surface area contributed by atoms with Crippen LogP contribution in [0.4, 0.5) is 5.69 Å². The van der Waals surface area contributed by atoms with Gasteiger partial charge in [0.2, 0.25) is 10.0 Å². The zero-order valence-corrected chi connectivity index (χ0v) is 17.3. The lowest BCUT2D eigenvalue weighted by Gasteiger charge is -2.36. The number of rotatable bonds is 6. The van der Waals surface area contributed by atoms with Crippen LogP contribution in [0.3, 0.4) is 0 Å². The number of aryl methyl sites for hydroxylation is 1. The van der Waals surface area contributed by atoms with Gasteiger partial charge in [0.25, 0.3) is 5.69 Å². The van der Waals surface area contributed by atoms with Crippen molar-refractivity contribution in [1.82, 2.24) is 4.31 Å². The SMILES string of the molecule is CCC1(CC)CC(c2cccc(C)c2)CN1S(=O)(=O)c1ccc([N+](=O)[O-])cc1. The molecule has 1 heterocycles. The van der Waals surface area contributed by atoms with Crippen LogP contribution in [0, 0.1) is 17.0 Å². The summed E-state index contributed by atoms with van der Waals surface area (Å²) >= 11 is 0. The minimum atomic E-state index is -3.75. The normalized spacial score (nSPS) is 19.6. The van der Waals surface area contributed by atoms with Crippen LogP contribution in [0.1, 0.15) is 50.2 Å². The van der Waals surface area contributed by atoms with Crippen molar-refractivity contribution in [2.24, 2.45) is 0 Å². The first-order chi connectivity index (χ1) is 13.2. The maximum atomic E-state index is 13.4. The first-order valence-electron chi connectivity index (χ1n) is 9.57. The van der Waals surface area contributed by atoms with Crippen molar-refractivity contribution < 1.29 is 13.3 Å². The molecule has 7 heteroatoms. The fraction of sp³-hybridized carbons (Fsp3) is 0.429. The van der Waals surface area contributed by atoms with E-state index in [2.05, 4.69) is 12.1 Å². The number of nitrogens with zero attached hydrogens (tertiary/aromatic N) is 2. The van der Waals surface area contributed by atoms with Crippen molar-refractivity contribution >= 4 is 15.7 Å². The fourth-order valence-corrected chi connectivity index (χ4v) is 6.23. The van der Waals surface area contributed by atoms with Crippen LogP contribution < -0.4 is 0 Å². The molecule has 1 atom stereocenters. The largest absolute Gasteiger partial charge is 0.269 e. The molecule has 0 radical (unpaired) electrons. The average Bonchev–Trinajstić information content (AvgIpc) is 3.09. The summed E-state index contributed by atoms with van der Waals surface area (Å²) in [4.78, 5) is 10.5. The summed E-state index contributed by atoms with van der Waals surface area (Å²) in [5.74, 6) is 0.132. The van der Waals surface area contributed by atoms with Crippen LogP contribution in [-0.4, -0.2) is 29.7 Å². The van der Waals surface area contributed by atoms with E-state index in [0.717, 1.165) is 30.4 Å². The number of sulfonamides is 1. The topological polar surface area (TPSA) is 80.5 Å². The summed E-state index contributed by atoms with van der Waals surface area (Å²) in [6.07, 6.45) is 2.21. The van der Waals surface area contributed by atoms with E-state index < -0.39 is 20.5 Å². The quantitative estimate of drug-likeness (QED) is 0.521. The minimum Gasteiger partial charge on any atom is -0.258 e. The zero-order valence-electron chi connectivity index (χ0n) is 16.5. The molecule has 1 aliphatic rings. The highest BCUT2D eigenvalue weighted by Gasteiger charge is 2.49. The van der Waals surface area contributed by atoms with Crippen LogP contribution in [0.25, 0.3) is 0 Å². The standard InChI is InChI=1S/C21H26N2O4S/c1-4-21(5-2)14-18(17-8-6-7-16(3)13-17)15-22(21)28(26,27)20-11-9-19(10-12-20)23(24)25/h6-13,18H,4-5,14-15H2,1-3H3. The Morgan fingerprint density at radius 2 is 1.79 bits per heavy atom. The maximum absolute atomic E-state index is 13.4. The van der Waals surface area contributed by atoms with Gasteiger partial charge in [-0.3, -0.25) is 10.1 Å². The van der Waals surface area contributed by atoms with Crippen molar-refractivity contribution in [3.05, 3.63) is 69.8 Å². The molecule has 6 nitrogen and oxygen atoms in total. The van der Waals surface area contributed by atoms with Crippen LogP contribution in [0.15, 0.2) is 53.4 Å². The third-order valence-electron chi connectivity index (χ3n) is 6.01. The van der Waals surface area contributed by atoms with Crippen molar-refractivity contribution in [2.75, 3.05) is 6.54 Å². The van der Waals surface area contributed by atoms with Crippen molar-refractivity contribution in [1.29, 1.82) is 0 Å². The third kappa shape index (κ3) is 3.56. The molecule has 2 aromatic carbocycles. The Kier molecular flexibility index (Phi) is 5.59. The first kappa shape index (κ1) is 20.5. The summed E-state index contributed by atoms with van der Waals surface area (Å²) in [5, 5.41) is 10.9. The molecule has 28 heavy (non-hydrogen) atoms. The van der Waals surface area contributed by atoms with Crippen molar-refractivity contribution in [2.45, 2.75) is 56.4 Å². The van der Waals surface area contributed by atoms with Gasteiger partial charge in [0.1, 0.15) is 0 Å². The predicted octanol–water partition coefficient (Wildman–Crippen LogP) is 4.64. The highest BCUT2D eigenvalue weighted by molar-refractivity contribution is 7.89. The molecule has 0 bridgehead atoms. The predicted molar refractivity (Wildman–Crippen MR) is 109 cm³/mol. The molecule has 1 aliphatic heterocycles. The van der Waals surface area contributed by atoms with Gasteiger partial charge in [0.15, 0.2) is 0 Å². The van der Waals surface area contributed by atoms with E-state index in [0.29, 0.717) is 6.54 Å². The Morgan fingerprint density at radius 1 is 1.14 bits per heavy atom. The van der Waals surface area contributed by atoms with Gasteiger partial charge in [-0.15, -0.1) is 0 Å². The molecule has 0 N–H and O–H groups in total. The molecule has 3 rings (SSSR count). The van der Waals surface area contributed by atoms with E-state index in [1.807, 2.05) is 32.9 Å². The van der Waals surface area contributed by atoms with Crippen molar-refractivity contribution in [3.8, 4) is 0 Å². The average molecular weight is 403 g/mol. The highest BCUT2D eigenvalue weighted by atomic mass is 32.2. The molecular weight excluding hydrogens is 376 g/mol. The van der Waals surface area contributed by atoms with Crippen LogP contribution in [0.5, 0.6) is 0 Å². The molecule has 0 saturated carbocycles. The van der Waals surface area contributed by atoms with Crippen LogP contribution >= 0.6 is 0 Å². The number of non-ortho nitro benzene ring substituents is 1. The molecule has 2 aromatic rings. The number of hydrogen-bond acceptors (Lipinski definition) is 4. The van der Waals surface area contributed by atoms with E-state index in [4.69, 9.17) is 0 Å². The van der Waals surface area contributed by atoms with E-state index in [1.165, 1.54) is 24.3 Å². The molecule has 150 valence electrons. The number of benzene rings is 2. The van der Waals surface area contributed by atoms with E-state index in [9.17, 15) is 18.5 Å². The van der Waals surface area contributed by atoms with Gasteiger partial charge in [-0.2, -0.15) is 4.31 Å². The molecule has 0 spiro atoms. The zero-order chi connectivity index (χ0) is 20.5. The molecule has 1 saturated heterocycles. The second kappa shape index (κ2) is 7.64. The number of hydrogen-bond donors (Lipinski definition) is 0. The summed E-state index contributed by atoms with van der Waals surface area (Å²) in [5.41, 5.74) is 1.75. The lowest BCUT2D eigenvalue weighted by Crippen LogP contribution is -2.46. The lowest BCUT2D eigenvalue weighted by atomic mass is 9.85. The van der Waals surface area contributed by atoms with Gasteiger partial charge in [0.05, 0.1) is 9.82 Å². The Morgan fingerprint density at radius 3 is 2.32 bits per heavy atom. The Labute approximate surface area is 166 Å². The van der Waals surface area contributed by atoms with Gasteiger partial charge >= 0.3 is 0 Å². The van der Waals surface area contributed by atoms with Crippen LogP contribution in [-0.2, 0) is 10.0 Å². The molecule has 1 unspecified atom stereocenters. The van der Waals surface area contributed by atoms with Gasteiger partial charge in [-0.1, -0.05) is 43.7 Å². The minimum absolute atomic E-state index is 0.106. The smallest absolute Gasteiger partial charge is 0.258 e. The Bertz CT molecular complexity index is 966. The van der Waals surface area contributed by atoms with Gasteiger partial charge in [-0.05, 0) is 49.8 Å². The number of nitro benzene ring substituents is 1. The fourth-order valence-electron chi connectivity index (χ4n) is 4.28. The van der Waals surface area contributed by atoms with Crippen molar-refractivity contribution in [3.63, 3.8) is 0 Å². The van der Waals surface area contributed by atoms with Gasteiger partial charge in [0, 0.05) is 24.2 Å². The van der Waals surface area contributed by atoms with E-state index >= 15 is 0 Å². The number of nitro groups is 1. The van der Waals surface area contributed by atoms with Gasteiger partial charge in [-0.25, -0.2) is 8.42 Å². The highest BCUT2D eigenvalue weighted by Crippen LogP contribution is 2.46.